The van der Waals surface area contributed by atoms with E-state index < -0.39 is 0 Å². The molecule has 0 aromatic carbocycles. The van der Waals surface area contributed by atoms with Crippen LogP contribution in [-0.2, 0) is 22.4 Å². The second kappa shape index (κ2) is 7.00. The van der Waals surface area contributed by atoms with Crippen LogP contribution in [0.4, 0.5) is 5.00 Å². The van der Waals surface area contributed by atoms with Gasteiger partial charge in [-0.25, -0.2) is 0 Å². The first-order chi connectivity index (χ1) is 11.1. The van der Waals surface area contributed by atoms with E-state index >= 15 is 0 Å². The zero-order valence-corrected chi connectivity index (χ0v) is 14.5. The summed E-state index contributed by atoms with van der Waals surface area (Å²) >= 11 is 1.58. The maximum Gasteiger partial charge on any atom is 0.239 e. The zero-order valence-electron chi connectivity index (χ0n) is 13.7. The monoisotopic (exact) mass is 333 g/mol. The first-order valence-electron chi connectivity index (χ1n) is 8.24. The number of amides is 1. The third-order valence-electron chi connectivity index (χ3n) is 4.73. The topological polar surface area (TPSA) is 65.4 Å². The number of anilines is 1. The lowest BCUT2D eigenvalue weighted by molar-refractivity contribution is -0.119. The molecule has 3 rings (SSSR count). The van der Waals surface area contributed by atoms with Crippen LogP contribution in [0.1, 0.15) is 36.3 Å². The molecule has 5 nitrogen and oxygen atoms in total. The van der Waals surface area contributed by atoms with Gasteiger partial charge in [-0.05, 0) is 37.7 Å². The molecule has 1 saturated heterocycles. The van der Waals surface area contributed by atoms with E-state index in [0.29, 0.717) is 31.2 Å². The summed E-state index contributed by atoms with van der Waals surface area (Å²) in [5, 5.41) is 13.2. The third kappa shape index (κ3) is 3.57. The molecule has 1 fully saturated rings. The smallest absolute Gasteiger partial charge is 0.239 e. The van der Waals surface area contributed by atoms with E-state index in [9.17, 15) is 10.1 Å². The Kier molecular flexibility index (Phi) is 5.00. The van der Waals surface area contributed by atoms with Gasteiger partial charge in [0.05, 0.1) is 25.3 Å². The number of carbonyl (C=O) groups excluding carboxylic acids is 1. The van der Waals surface area contributed by atoms with Crippen LogP contribution in [0.15, 0.2) is 0 Å². The highest BCUT2D eigenvalue weighted by molar-refractivity contribution is 7.16. The fourth-order valence-corrected chi connectivity index (χ4v) is 4.68. The summed E-state index contributed by atoms with van der Waals surface area (Å²) in [5.74, 6) is 0.618. The molecule has 1 aliphatic heterocycles. The molecular formula is C17H23N3O2S. The summed E-state index contributed by atoms with van der Waals surface area (Å²) in [4.78, 5) is 15.8. The average molecular weight is 333 g/mol. The molecule has 0 unspecified atom stereocenters. The third-order valence-corrected chi connectivity index (χ3v) is 5.90. The van der Waals surface area contributed by atoms with Crippen molar-refractivity contribution in [3.63, 3.8) is 0 Å². The standard InChI is InChI=1S/C17H23N3O2S/c1-11-3-4-13-14(8-18)17(23-15(13)7-11)19-16(21)9-20-5-6-22-10-12(20)2/h11-12H,3-7,9-10H2,1-2H3,(H,19,21)/t11-,12+/m0/s1. The van der Waals surface area contributed by atoms with Crippen LogP contribution in [0, 0.1) is 17.2 Å². The van der Waals surface area contributed by atoms with Gasteiger partial charge in [-0.2, -0.15) is 5.26 Å². The van der Waals surface area contributed by atoms with Gasteiger partial charge in [0, 0.05) is 17.5 Å². The molecule has 6 heteroatoms. The molecule has 0 radical (unpaired) electrons. The van der Waals surface area contributed by atoms with E-state index in [1.54, 1.807) is 11.3 Å². The van der Waals surface area contributed by atoms with Crippen molar-refractivity contribution in [3.05, 3.63) is 16.0 Å². The molecular weight excluding hydrogens is 310 g/mol. The van der Waals surface area contributed by atoms with Gasteiger partial charge in [-0.1, -0.05) is 6.92 Å². The number of ether oxygens (including phenoxy) is 1. The van der Waals surface area contributed by atoms with Crippen molar-refractivity contribution < 1.29 is 9.53 Å². The second-order valence-electron chi connectivity index (χ2n) is 6.61. The van der Waals surface area contributed by atoms with Crippen molar-refractivity contribution in [2.45, 2.75) is 39.2 Å². The van der Waals surface area contributed by atoms with Gasteiger partial charge in [0.25, 0.3) is 0 Å². The summed E-state index contributed by atoms with van der Waals surface area (Å²) in [6.45, 7) is 6.78. The van der Waals surface area contributed by atoms with Gasteiger partial charge in [-0.15, -0.1) is 11.3 Å². The van der Waals surface area contributed by atoms with Gasteiger partial charge in [0.1, 0.15) is 11.1 Å². The lowest BCUT2D eigenvalue weighted by atomic mass is 9.89. The maximum atomic E-state index is 12.4. The Labute approximate surface area is 141 Å². The Morgan fingerprint density at radius 1 is 1.52 bits per heavy atom. The number of morpholine rings is 1. The number of fused-ring (bicyclic) bond motifs is 1. The number of nitrogens with zero attached hydrogens (tertiary/aromatic N) is 2. The van der Waals surface area contributed by atoms with Gasteiger partial charge in [-0.3, -0.25) is 9.69 Å². The lowest BCUT2D eigenvalue weighted by Gasteiger charge is -2.32. The number of hydrogen-bond donors (Lipinski definition) is 1. The quantitative estimate of drug-likeness (QED) is 0.922. The van der Waals surface area contributed by atoms with E-state index in [0.717, 1.165) is 36.4 Å². The molecule has 0 saturated carbocycles. The number of hydrogen-bond acceptors (Lipinski definition) is 5. The highest BCUT2D eigenvalue weighted by atomic mass is 32.1. The minimum Gasteiger partial charge on any atom is -0.379 e. The van der Waals surface area contributed by atoms with E-state index in [2.05, 4.69) is 30.1 Å². The summed E-state index contributed by atoms with van der Waals surface area (Å²) in [7, 11) is 0. The van der Waals surface area contributed by atoms with Crippen molar-refractivity contribution in [2.24, 2.45) is 5.92 Å². The highest BCUT2D eigenvalue weighted by Crippen LogP contribution is 2.39. The second-order valence-corrected chi connectivity index (χ2v) is 7.72. The van der Waals surface area contributed by atoms with Crippen molar-refractivity contribution >= 4 is 22.2 Å². The van der Waals surface area contributed by atoms with E-state index in [1.165, 1.54) is 4.88 Å². The molecule has 1 amide bonds. The Balaban J connectivity index is 1.70. The van der Waals surface area contributed by atoms with Crippen LogP contribution in [0.2, 0.25) is 0 Å². The Morgan fingerprint density at radius 2 is 2.35 bits per heavy atom. The number of rotatable bonds is 3. The van der Waals surface area contributed by atoms with Crippen LogP contribution < -0.4 is 5.32 Å². The maximum absolute atomic E-state index is 12.4. The van der Waals surface area contributed by atoms with Gasteiger partial charge in [0.2, 0.25) is 5.91 Å². The SMILES string of the molecule is C[C@H]1CCc2c(sc(NC(=O)CN3CCOC[C@H]3C)c2C#N)C1. The summed E-state index contributed by atoms with van der Waals surface area (Å²) < 4.78 is 5.40. The van der Waals surface area contributed by atoms with Crippen LogP contribution in [0.3, 0.4) is 0 Å². The van der Waals surface area contributed by atoms with Crippen LogP contribution >= 0.6 is 11.3 Å². The molecule has 1 aromatic heterocycles. The molecule has 2 aliphatic rings. The summed E-state index contributed by atoms with van der Waals surface area (Å²) in [5.41, 5.74) is 1.84. The molecule has 23 heavy (non-hydrogen) atoms. The molecule has 0 spiro atoms. The molecule has 124 valence electrons. The van der Waals surface area contributed by atoms with Crippen LogP contribution in [0.5, 0.6) is 0 Å². The minimum absolute atomic E-state index is 0.0399. The molecule has 1 aromatic rings. The highest BCUT2D eigenvalue weighted by Gasteiger charge is 2.26. The van der Waals surface area contributed by atoms with Crippen molar-refractivity contribution in [1.29, 1.82) is 5.26 Å². The Bertz CT molecular complexity index is 635. The van der Waals surface area contributed by atoms with Crippen molar-refractivity contribution in [3.8, 4) is 6.07 Å². The summed E-state index contributed by atoms with van der Waals surface area (Å²) in [6.07, 6.45) is 3.09. The summed E-state index contributed by atoms with van der Waals surface area (Å²) in [6, 6.07) is 2.55. The first kappa shape index (κ1) is 16.4. The Hall–Kier alpha value is -1.42. The predicted molar refractivity (Wildman–Crippen MR) is 90.7 cm³/mol. The largest absolute Gasteiger partial charge is 0.379 e. The van der Waals surface area contributed by atoms with Crippen molar-refractivity contribution in [1.82, 2.24) is 4.90 Å². The Morgan fingerprint density at radius 3 is 3.09 bits per heavy atom. The van der Waals surface area contributed by atoms with Crippen LogP contribution in [-0.4, -0.2) is 43.2 Å². The van der Waals surface area contributed by atoms with E-state index in [4.69, 9.17) is 4.74 Å². The predicted octanol–water partition coefficient (Wildman–Crippen LogP) is 2.40. The van der Waals surface area contributed by atoms with E-state index in [-0.39, 0.29) is 11.9 Å². The van der Waals surface area contributed by atoms with E-state index in [1.807, 2.05) is 0 Å². The fraction of sp³-hybridized carbons (Fsp3) is 0.647. The van der Waals surface area contributed by atoms with Gasteiger partial charge < -0.3 is 10.1 Å². The zero-order chi connectivity index (χ0) is 16.4. The number of thiophene rings is 1. The van der Waals surface area contributed by atoms with Crippen LogP contribution in [0.25, 0.3) is 0 Å². The molecule has 2 heterocycles. The average Bonchev–Trinajstić information content (AvgIpc) is 2.85. The van der Waals surface area contributed by atoms with Crippen molar-refractivity contribution in [2.75, 3.05) is 31.6 Å². The number of nitrogens with one attached hydrogen (secondary N) is 1. The number of carbonyl (C=O) groups is 1. The molecule has 1 aliphatic carbocycles. The normalized spacial score (nSPS) is 24.7. The first-order valence-corrected chi connectivity index (χ1v) is 9.06. The molecule has 2 atom stereocenters. The van der Waals surface area contributed by atoms with Gasteiger partial charge >= 0.3 is 0 Å². The van der Waals surface area contributed by atoms with Gasteiger partial charge in [0.15, 0.2) is 0 Å². The molecule has 1 N–H and O–H groups in total. The number of nitriles is 1. The minimum atomic E-state index is -0.0399. The fourth-order valence-electron chi connectivity index (χ4n) is 3.30. The lowest BCUT2D eigenvalue weighted by Crippen LogP contribution is -2.47. The molecule has 0 bridgehead atoms.